The average molecular weight is 1200 g/mol. The van der Waals surface area contributed by atoms with Crippen molar-refractivity contribution >= 4 is 23.9 Å². The lowest BCUT2D eigenvalue weighted by atomic mass is 9.98. The molecule has 85 heavy (non-hydrogen) atoms. The number of allylic oxidation sites excluding steroid dienone is 6. The number of rotatable bonds is 63. The second-order valence-corrected chi connectivity index (χ2v) is 24.9. The van der Waals surface area contributed by atoms with Gasteiger partial charge in [-0.1, -0.05) is 314 Å². The maximum atomic E-state index is 13.3. The summed E-state index contributed by atoms with van der Waals surface area (Å²) in [5.74, 6) is -3.09. The Morgan fingerprint density at radius 1 is 0.388 bits per heavy atom. The summed E-state index contributed by atoms with van der Waals surface area (Å²) in [6.07, 6.45) is 62.4. The quantitative estimate of drug-likeness (QED) is 0.0228. The van der Waals surface area contributed by atoms with E-state index in [1.165, 1.54) is 205 Å². The lowest BCUT2D eigenvalue weighted by Crippen LogP contribution is -2.61. The van der Waals surface area contributed by atoms with Gasteiger partial charge >= 0.3 is 23.9 Å². The van der Waals surface area contributed by atoms with E-state index < -0.39 is 67.3 Å². The van der Waals surface area contributed by atoms with E-state index in [2.05, 4.69) is 57.2 Å². The molecule has 12 heteroatoms. The summed E-state index contributed by atoms with van der Waals surface area (Å²) in [5, 5.41) is 31.7. The van der Waals surface area contributed by atoms with E-state index >= 15 is 0 Å². The molecule has 12 nitrogen and oxygen atoms in total. The number of hydrogen-bond acceptors (Lipinski definition) is 11. The van der Waals surface area contributed by atoms with E-state index in [9.17, 15) is 34.5 Å². The maximum Gasteiger partial charge on any atom is 0.335 e. The van der Waals surface area contributed by atoms with Gasteiger partial charge in [0, 0.05) is 19.3 Å². The van der Waals surface area contributed by atoms with Gasteiger partial charge in [0.2, 0.25) is 0 Å². The Balaban J connectivity index is 2.62. The predicted molar refractivity (Wildman–Crippen MR) is 350 cm³/mol. The van der Waals surface area contributed by atoms with Crippen molar-refractivity contribution < 1.29 is 58.2 Å². The molecule has 0 saturated carbocycles. The fourth-order valence-electron chi connectivity index (χ4n) is 11.2. The lowest BCUT2D eigenvalue weighted by molar-refractivity contribution is -0.301. The Hall–Kier alpha value is -3.06. The molecular weight excluding hydrogens is 1070 g/mol. The van der Waals surface area contributed by atoms with Crippen molar-refractivity contribution in [2.75, 3.05) is 13.2 Å². The van der Waals surface area contributed by atoms with Crippen LogP contribution in [0.15, 0.2) is 36.5 Å². The zero-order chi connectivity index (χ0) is 61.7. The Labute approximate surface area is 521 Å². The topological polar surface area (TPSA) is 175 Å². The standard InChI is InChI=1S/C73H132O12/c1-4-7-10-13-16-19-22-25-28-31-33-36-38-41-44-47-50-53-56-59-65(74)81-62-64(83-66(75)60-57-54-51-48-45-42-40-37-34-32-29-26-23-20-17-14-11-8-5-2)63-82-73-71(69(78)68(77)70(85-73)72(79)80)84-67(76)61-58-55-52-49-46-43-39-35-30-27-24-21-18-15-12-9-6-3/h16,19,25,28,33,36,64,68-71,73,77-78H,4-15,17-18,20-24,26-27,29-32,34-35,37-63H2,1-3H3,(H,79,80)/b19-16-,28-25-,36-33-. The normalized spacial score (nSPS) is 17.6. The molecule has 496 valence electrons. The number of aliphatic carboxylic acids is 1. The van der Waals surface area contributed by atoms with Gasteiger partial charge in [0.15, 0.2) is 24.6 Å². The number of unbranched alkanes of at least 4 members (excludes halogenated alkanes) is 43. The molecule has 0 aromatic carbocycles. The zero-order valence-electron chi connectivity index (χ0n) is 55.1. The van der Waals surface area contributed by atoms with Crippen molar-refractivity contribution in [3.63, 3.8) is 0 Å². The van der Waals surface area contributed by atoms with Gasteiger partial charge in [-0.05, 0) is 57.8 Å². The van der Waals surface area contributed by atoms with Crippen LogP contribution >= 0.6 is 0 Å². The van der Waals surface area contributed by atoms with E-state index in [1.54, 1.807) is 0 Å². The Kier molecular flexibility index (Phi) is 57.6. The molecule has 1 fully saturated rings. The van der Waals surface area contributed by atoms with E-state index in [0.29, 0.717) is 19.3 Å². The first-order chi connectivity index (χ1) is 41.6. The molecule has 6 atom stereocenters. The smallest absolute Gasteiger partial charge is 0.335 e. The molecule has 6 unspecified atom stereocenters. The second kappa shape index (κ2) is 61.2. The van der Waals surface area contributed by atoms with Gasteiger partial charge in [-0.15, -0.1) is 0 Å². The van der Waals surface area contributed by atoms with Crippen LogP contribution in [0.2, 0.25) is 0 Å². The van der Waals surface area contributed by atoms with Gasteiger partial charge in [0.1, 0.15) is 18.8 Å². The number of hydrogen-bond donors (Lipinski definition) is 3. The van der Waals surface area contributed by atoms with Gasteiger partial charge < -0.3 is 39.0 Å². The van der Waals surface area contributed by atoms with Gasteiger partial charge in [-0.2, -0.15) is 0 Å². The van der Waals surface area contributed by atoms with Crippen LogP contribution in [0.3, 0.4) is 0 Å². The van der Waals surface area contributed by atoms with Crippen LogP contribution in [0.1, 0.15) is 355 Å². The van der Waals surface area contributed by atoms with E-state index in [4.69, 9.17) is 23.7 Å². The van der Waals surface area contributed by atoms with Crippen LogP contribution in [0.25, 0.3) is 0 Å². The minimum absolute atomic E-state index is 0.0660. The van der Waals surface area contributed by atoms with E-state index in [1.807, 2.05) is 0 Å². The first-order valence-corrected chi connectivity index (χ1v) is 36.0. The molecule has 0 amide bonds. The molecule has 1 saturated heterocycles. The van der Waals surface area contributed by atoms with Gasteiger partial charge in [0.05, 0.1) is 6.61 Å². The van der Waals surface area contributed by atoms with Crippen LogP contribution in [0.5, 0.6) is 0 Å². The monoisotopic (exact) mass is 1200 g/mol. The zero-order valence-corrected chi connectivity index (χ0v) is 55.1. The second-order valence-electron chi connectivity index (χ2n) is 24.9. The Bertz CT molecular complexity index is 1610. The average Bonchev–Trinajstić information content (AvgIpc) is 3.46. The van der Waals surface area contributed by atoms with Crippen LogP contribution in [-0.4, -0.2) is 89.2 Å². The molecule has 1 heterocycles. The molecule has 0 radical (unpaired) electrons. The first-order valence-electron chi connectivity index (χ1n) is 36.0. The fraction of sp³-hybridized carbons (Fsp3) is 0.863. The third-order valence-corrected chi connectivity index (χ3v) is 16.7. The number of ether oxygens (including phenoxy) is 5. The molecule has 0 aromatic heterocycles. The minimum atomic E-state index is -1.90. The van der Waals surface area contributed by atoms with Gasteiger partial charge in [-0.3, -0.25) is 14.4 Å². The molecule has 0 spiro atoms. The van der Waals surface area contributed by atoms with Crippen molar-refractivity contribution in [3.8, 4) is 0 Å². The number of carboxylic acid groups (broad SMARTS) is 1. The van der Waals surface area contributed by atoms with Crippen molar-refractivity contribution in [1.29, 1.82) is 0 Å². The summed E-state index contributed by atoms with van der Waals surface area (Å²) >= 11 is 0. The van der Waals surface area contributed by atoms with Gasteiger partial charge in [0.25, 0.3) is 0 Å². The van der Waals surface area contributed by atoms with Crippen molar-refractivity contribution in [2.45, 2.75) is 391 Å². The SMILES string of the molecule is CCCCC/C=C\C/C=C\C/C=C\CCCCCCCCC(=O)OCC(COC1OC(C(=O)O)C(O)C(O)C1OC(=O)CCCCCCCCCCCCCCCCCCC)OC(=O)CCCCCCCCCCCCCCCCCCCCC. The highest BCUT2D eigenvalue weighted by Crippen LogP contribution is 2.27. The molecule has 0 bridgehead atoms. The van der Waals surface area contributed by atoms with Crippen molar-refractivity contribution in [2.24, 2.45) is 0 Å². The number of aliphatic hydroxyl groups is 2. The Morgan fingerprint density at radius 2 is 0.706 bits per heavy atom. The highest BCUT2D eigenvalue weighted by molar-refractivity contribution is 5.74. The summed E-state index contributed by atoms with van der Waals surface area (Å²) in [5.41, 5.74) is 0. The molecule has 0 aliphatic carbocycles. The summed E-state index contributed by atoms with van der Waals surface area (Å²) in [6, 6.07) is 0. The van der Waals surface area contributed by atoms with Crippen molar-refractivity contribution in [1.82, 2.24) is 0 Å². The first kappa shape index (κ1) is 80.0. The third-order valence-electron chi connectivity index (χ3n) is 16.7. The van der Waals surface area contributed by atoms with Crippen LogP contribution in [0.4, 0.5) is 0 Å². The molecule has 0 aromatic rings. The van der Waals surface area contributed by atoms with E-state index in [0.717, 1.165) is 89.9 Å². The largest absolute Gasteiger partial charge is 0.479 e. The lowest BCUT2D eigenvalue weighted by Gasteiger charge is -2.40. The maximum absolute atomic E-state index is 13.3. The van der Waals surface area contributed by atoms with E-state index in [-0.39, 0.29) is 25.9 Å². The summed E-state index contributed by atoms with van der Waals surface area (Å²) in [4.78, 5) is 51.5. The highest BCUT2D eigenvalue weighted by Gasteiger charge is 2.50. The number of aliphatic hydroxyl groups excluding tert-OH is 2. The summed E-state index contributed by atoms with van der Waals surface area (Å²) in [6.45, 7) is 6.04. The fourth-order valence-corrected chi connectivity index (χ4v) is 11.2. The van der Waals surface area contributed by atoms with Crippen LogP contribution in [0, 0.1) is 0 Å². The number of carbonyl (C=O) groups is 4. The summed E-state index contributed by atoms with van der Waals surface area (Å²) < 4.78 is 28.7. The van der Waals surface area contributed by atoms with Crippen LogP contribution in [-0.2, 0) is 42.9 Å². The molecule has 1 aliphatic rings. The molecular formula is C73H132O12. The van der Waals surface area contributed by atoms with Gasteiger partial charge in [-0.25, -0.2) is 4.79 Å². The Morgan fingerprint density at radius 3 is 1.09 bits per heavy atom. The predicted octanol–water partition coefficient (Wildman–Crippen LogP) is 19.9. The summed E-state index contributed by atoms with van der Waals surface area (Å²) in [7, 11) is 0. The molecule has 1 rings (SSSR count). The van der Waals surface area contributed by atoms with Crippen LogP contribution < -0.4 is 0 Å². The minimum Gasteiger partial charge on any atom is -0.479 e. The number of carboxylic acids is 1. The van der Waals surface area contributed by atoms with Crippen molar-refractivity contribution in [3.05, 3.63) is 36.5 Å². The molecule has 3 N–H and O–H groups in total. The molecule has 1 aliphatic heterocycles. The highest BCUT2D eigenvalue weighted by atomic mass is 16.7. The number of esters is 3. The third kappa shape index (κ3) is 50.5. The number of carbonyl (C=O) groups excluding carboxylic acids is 3.